The van der Waals surface area contributed by atoms with Gasteiger partial charge in [-0.15, -0.1) is 6.58 Å². The first-order chi connectivity index (χ1) is 22.2. The van der Waals surface area contributed by atoms with Crippen LogP contribution in [0.3, 0.4) is 0 Å². The van der Waals surface area contributed by atoms with E-state index >= 15 is 0 Å². The van der Waals surface area contributed by atoms with Crippen molar-refractivity contribution in [1.82, 2.24) is 25.1 Å². The van der Waals surface area contributed by atoms with Crippen molar-refractivity contribution in [3.05, 3.63) is 108 Å². The van der Waals surface area contributed by atoms with Crippen LogP contribution >= 0.6 is 0 Å². The van der Waals surface area contributed by atoms with Gasteiger partial charge in [-0.3, -0.25) is 14.6 Å². The molecule has 2 unspecified atom stereocenters. The first-order valence-corrected chi connectivity index (χ1v) is 15.6. The van der Waals surface area contributed by atoms with Gasteiger partial charge in [0.05, 0.1) is 31.4 Å². The number of hydrazine groups is 1. The van der Waals surface area contributed by atoms with Crippen molar-refractivity contribution in [1.29, 1.82) is 0 Å². The molecule has 11 heteroatoms. The first kappa shape index (κ1) is 31.0. The lowest BCUT2D eigenvalue weighted by atomic mass is 9.91. The van der Waals surface area contributed by atoms with E-state index in [1.54, 1.807) is 45.2 Å². The second-order valence-corrected chi connectivity index (χ2v) is 12.1. The Balaban J connectivity index is 1.30. The number of nitrogens with one attached hydrogen (secondary N) is 1. The minimum Gasteiger partial charge on any atom is -0.508 e. The average molecular weight is 622 g/mol. The highest BCUT2D eigenvalue weighted by Crippen LogP contribution is 2.37. The molecule has 11 nitrogen and oxygen atoms in total. The lowest BCUT2D eigenvalue weighted by molar-refractivity contribution is -0.157. The molecule has 2 N–H and O–H groups in total. The SMILES string of the molecule is C=CCN(C(=O)NCc1ccccc1)N1CC(=O)N2[C@@H](Cc3ccc(O)cc3)C(=O)N(Cc3ccc4c(c3)C(C)C(C)N=N4)C[C@@H]21. The van der Waals surface area contributed by atoms with Crippen molar-refractivity contribution in [2.75, 3.05) is 19.6 Å². The van der Waals surface area contributed by atoms with E-state index < -0.39 is 12.2 Å². The fraction of sp³-hybridized carbons (Fsp3) is 0.343. The van der Waals surface area contributed by atoms with Gasteiger partial charge < -0.3 is 20.2 Å². The Morgan fingerprint density at radius 1 is 1.04 bits per heavy atom. The van der Waals surface area contributed by atoms with Gasteiger partial charge in [0, 0.05) is 25.4 Å². The number of urea groups is 1. The third-order valence-electron chi connectivity index (χ3n) is 9.09. The van der Waals surface area contributed by atoms with Gasteiger partial charge in [0.25, 0.3) is 0 Å². The van der Waals surface area contributed by atoms with Crippen LogP contribution in [0.4, 0.5) is 10.5 Å². The summed E-state index contributed by atoms with van der Waals surface area (Å²) in [7, 11) is 0. The smallest absolute Gasteiger partial charge is 0.332 e. The molecule has 4 amide bonds. The van der Waals surface area contributed by atoms with Gasteiger partial charge in [-0.05, 0) is 47.4 Å². The van der Waals surface area contributed by atoms with Gasteiger partial charge in [0.15, 0.2) is 0 Å². The summed E-state index contributed by atoms with van der Waals surface area (Å²) in [5.74, 6) is -0.0819. The molecule has 3 aliphatic heterocycles. The van der Waals surface area contributed by atoms with E-state index in [0.717, 1.165) is 27.9 Å². The van der Waals surface area contributed by atoms with Gasteiger partial charge in [-0.2, -0.15) is 15.2 Å². The predicted octanol–water partition coefficient (Wildman–Crippen LogP) is 4.72. The molecule has 238 valence electrons. The number of nitrogens with zero attached hydrogens (tertiary/aromatic N) is 6. The third kappa shape index (κ3) is 6.23. The summed E-state index contributed by atoms with van der Waals surface area (Å²) >= 11 is 0. The van der Waals surface area contributed by atoms with Crippen LogP contribution in [0.25, 0.3) is 0 Å². The summed E-state index contributed by atoms with van der Waals surface area (Å²) in [5, 5.41) is 24.8. The third-order valence-corrected chi connectivity index (χ3v) is 9.09. The summed E-state index contributed by atoms with van der Waals surface area (Å²) in [4.78, 5) is 44.9. The first-order valence-electron chi connectivity index (χ1n) is 15.6. The van der Waals surface area contributed by atoms with Crippen LogP contribution in [0.1, 0.15) is 42.0 Å². The highest BCUT2D eigenvalue weighted by molar-refractivity contribution is 5.92. The van der Waals surface area contributed by atoms with Crippen molar-refractivity contribution in [3.63, 3.8) is 0 Å². The average Bonchev–Trinajstić information content (AvgIpc) is 3.39. The van der Waals surface area contributed by atoms with Crippen LogP contribution in [0.2, 0.25) is 0 Å². The largest absolute Gasteiger partial charge is 0.508 e. The molecule has 46 heavy (non-hydrogen) atoms. The number of benzene rings is 3. The second kappa shape index (κ2) is 13.1. The molecule has 0 bridgehead atoms. The number of carbonyl (C=O) groups is 3. The van der Waals surface area contributed by atoms with Crippen LogP contribution in [-0.2, 0) is 29.1 Å². The van der Waals surface area contributed by atoms with Crippen molar-refractivity contribution in [3.8, 4) is 5.75 Å². The number of aromatic hydroxyl groups is 1. The lowest BCUT2D eigenvalue weighted by Crippen LogP contribution is -2.66. The highest BCUT2D eigenvalue weighted by Gasteiger charge is 2.52. The molecule has 6 rings (SSSR count). The quantitative estimate of drug-likeness (QED) is 0.335. The molecule has 3 aromatic rings. The zero-order chi connectivity index (χ0) is 32.4. The van der Waals surface area contributed by atoms with Gasteiger partial charge in [0.1, 0.15) is 18.0 Å². The number of hydrogen-bond donors (Lipinski definition) is 2. The van der Waals surface area contributed by atoms with E-state index in [2.05, 4.69) is 35.1 Å². The van der Waals surface area contributed by atoms with Crippen molar-refractivity contribution >= 4 is 23.5 Å². The van der Waals surface area contributed by atoms with Gasteiger partial charge in [-0.25, -0.2) is 4.79 Å². The van der Waals surface area contributed by atoms with E-state index in [9.17, 15) is 19.5 Å². The normalized spacial score (nSPS) is 22.4. The van der Waals surface area contributed by atoms with Crippen molar-refractivity contribution < 1.29 is 19.5 Å². The molecule has 0 aromatic heterocycles. The summed E-state index contributed by atoms with van der Waals surface area (Å²) in [5.41, 5.74) is 4.65. The minimum atomic E-state index is -0.788. The maximum absolute atomic E-state index is 14.2. The number of phenolic OH excluding ortho intramolecular Hbond substituents is 1. The maximum atomic E-state index is 14.2. The molecule has 3 aliphatic rings. The fourth-order valence-corrected chi connectivity index (χ4v) is 6.43. The molecule has 0 spiro atoms. The molecular weight excluding hydrogens is 582 g/mol. The molecule has 0 saturated carbocycles. The monoisotopic (exact) mass is 621 g/mol. The van der Waals surface area contributed by atoms with Crippen LogP contribution in [-0.4, -0.2) is 80.7 Å². The molecule has 0 radical (unpaired) electrons. The maximum Gasteiger partial charge on any atom is 0.332 e. The number of azo groups is 1. The van der Waals surface area contributed by atoms with Crippen LogP contribution in [0, 0.1) is 0 Å². The van der Waals surface area contributed by atoms with E-state index in [4.69, 9.17) is 0 Å². The van der Waals surface area contributed by atoms with Gasteiger partial charge in [0.2, 0.25) is 11.8 Å². The number of amides is 4. The molecule has 3 aromatic carbocycles. The van der Waals surface area contributed by atoms with Gasteiger partial charge >= 0.3 is 6.03 Å². The van der Waals surface area contributed by atoms with Crippen LogP contribution < -0.4 is 5.32 Å². The van der Waals surface area contributed by atoms with Crippen LogP contribution in [0.15, 0.2) is 95.7 Å². The Morgan fingerprint density at radius 3 is 2.52 bits per heavy atom. The molecular formula is C35H39N7O4. The highest BCUT2D eigenvalue weighted by atomic mass is 16.3. The topological polar surface area (TPSA) is 121 Å². The Labute approximate surface area is 268 Å². The number of piperazine rings is 1. The van der Waals surface area contributed by atoms with E-state index in [-0.39, 0.29) is 61.6 Å². The summed E-state index contributed by atoms with van der Waals surface area (Å²) in [6.07, 6.45) is 1.33. The summed E-state index contributed by atoms with van der Waals surface area (Å²) in [6, 6.07) is 21.2. The zero-order valence-electron chi connectivity index (χ0n) is 26.1. The van der Waals surface area contributed by atoms with Crippen LogP contribution in [0.5, 0.6) is 5.75 Å². The Morgan fingerprint density at radius 2 is 1.78 bits per heavy atom. The molecule has 4 atom stereocenters. The van der Waals surface area contributed by atoms with Crippen molar-refractivity contribution in [2.24, 2.45) is 10.2 Å². The number of fused-ring (bicyclic) bond motifs is 2. The standard InChI is InChI=1S/C35H39N7O4/c1-4-16-40(35(46)36-19-26-8-6-5-7-9-26)41-22-33(44)42-31(18-25-10-13-28(43)14-11-25)34(45)39(21-32(41)42)20-27-12-15-30-29(17-27)23(2)24(3)37-38-30/h4-15,17,23-24,31-32,43H,1,16,18-22H2,2-3H3,(H,36,46)/t23?,24?,31-,32+/m0/s1. The van der Waals surface area contributed by atoms with E-state index in [1.807, 2.05) is 49.4 Å². The Bertz CT molecular complexity index is 1640. The number of hydrogen-bond acceptors (Lipinski definition) is 7. The Kier molecular flexibility index (Phi) is 8.85. The molecule has 2 fully saturated rings. The number of rotatable bonds is 9. The molecule has 2 saturated heterocycles. The predicted molar refractivity (Wildman–Crippen MR) is 173 cm³/mol. The van der Waals surface area contributed by atoms with Gasteiger partial charge in [-0.1, -0.05) is 67.6 Å². The number of phenols is 1. The second-order valence-electron chi connectivity index (χ2n) is 12.1. The van der Waals surface area contributed by atoms with E-state index in [0.29, 0.717) is 13.1 Å². The molecule has 3 heterocycles. The summed E-state index contributed by atoms with van der Waals surface area (Å²) in [6.45, 7) is 9.04. The zero-order valence-corrected chi connectivity index (χ0v) is 26.1. The van der Waals surface area contributed by atoms with E-state index in [1.165, 1.54) is 5.01 Å². The van der Waals surface area contributed by atoms with Crippen molar-refractivity contribution in [2.45, 2.75) is 57.5 Å². The number of carbonyl (C=O) groups excluding carboxylic acids is 3. The minimum absolute atomic E-state index is 0.0519. The Hall–Kier alpha value is -5.03. The molecule has 0 aliphatic carbocycles. The lowest BCUT2D eigenvalue weighted by Gasteiger charge is -2.46. The summed E-state index contributed by atoms with van der Waals surface area (Å²) < 4.78 is 0. The fourth-order valence-electron chi connectivity index (χ4n) is 6.43.